The van der Waals surface area contributed by atoms with Gasteiger partial charge in [0.25, 0.3) is 0 Å². The Morgan fingerprint density at radius 3 is 2.74 bits per heavy atom. The van der Waals surface area contributed by atoms with Crippen LogP contribution in [0.2, 0.25) is 0 Å². The monoisotopic (exact) mass is 268 g/mol. The topological polar surface area (TPSA) is 55.6 Å². The standard InChI is InChI=1S/C15H28N2O2/c1-3-19-15(18)8-12-7-14(16)10-17(9-12)11(2)13-5-4-6-13/h11-14H,3-10,16H2,1-2H3. The summed E-state index contributed by atoms with van der Waals surface area (Å²) in [6.45, 7) is 6.64. The van der Waals surface area contributed by atoms with Gasteiger partial charge in [0, 0.05) is 31.6 Å². The molecule has 4 heteroatoms. The Labute approximate surface area is 116 Å². The fourth-order valence-corrected chi connectivity index (χ4v) is 3.44. The van der Waals surface area contributed by atoms with Crippen LogP contribution in [0, 0.1) is 11.8 Å². The van der Waals surface area contributed by atoms with Crippen LogP contribution in [0.5, 0.6) is 0 Å². The number of piperidine rings is 1. The maximum absolute atomic E-state index is 11.6. The quantitative estimate of drug-likeness (QED) is 0.772. The van der Waals surface area contributed by atoms with Crippen molar-refractivity contribution in [1.29, 1.82) is 0 Å². The van der Waals surface area contributed by atoms with Crippen molar-refractivity contribution in [3.63, 3.8) is 0 Å². The molecule has 3 unspecified atom stereocenters. The molecule has 2 aliphatic rings. The van der Waals surface area contributed by atoms with Gasteiger partial charge in [-0.15, -0.1) is 0 Å². The van der Waals surface area contributed by atoms with E-state index in [1.165, 1.54) is 19.3 Å². The van der Waals surface area contributed by atoms with Crippen LogP contribution in [-0.4, -0.2) is 42.6 Å². The zero-order valence-electron chi connectivity index (χ0n) is 12.3. The minimum absolute atomic E-state index is 0.0714. The van der Waals surface area contributed by atoms with Crippen LogP contribution >= 0.6 is 0 Å². The van der Waals surface area contributed by atoms with Crippen LogP contribution in [0.15, 0.2) is 0 Å². The van der Waals surface area contributed by atoms with Gasteiger partial charge >= 0.3 is 5.97 Å². The molecule has 1 saturated carbocycles. The molecule has 1 saturated heterocycles. The van der Waals surface area contributed by atoms with Crippen molar-refractivity contribution >= 4 is 5.97 Å². The molecule has 19 heavy (non-hydrogen) atoms. The SMILES string of the molecule is CCOC(=O)CC1CC(N)CN(C(C)C2CCC2)C1. The number of likely N-dealkylation sites (tertiary alicyclic amines) is 1. The van der Waals surface area contributed by atoms with Gasteiger partial charge in [-0.3, -0.25) is 9.69 Å². The Bertz CT molecular complexity index is 305. The summed E-state index contributed by atoms with van der Waals surface area (Å²) in [4.78, 5) is 14.1. The van der Waals surface area contributed by atoms with E-state index in [4.69, 9.17) is 10.5 Å². The number of hydrogen-bond donors (Lipinski definition) is 1. The van der Waals surface area contributed by atoms with Gasteiger partial charge in [-0.2, -0.15) is 0 Å². The molecule has 1 aliphatic heterocycles. The smallest absolute Gasteiger partial charge is 0.306 e. The van der Waals surface area contributed by atoms with Crippen molar-refractivity contribution in [3.05, 3.63) is 0 Å². The lowest BCUT2D eigenvalue weighted by atomic mass is 9.78. The average Bonchev–Trinajstić information content (AvgIpc) is 2.25. The van der Waals surface area contributed by atoms with E-state index < -0.39 is 0 Å². The molecule has 0 amide bonds. The molecule has 3 atom stereocenters. The summed E-state index contributed by atoms with van der Waals surface area (Å²) in [5.74, 6) is 1.14. The summed E-state index contributed by atoms with van der Waals surface area (Å²) in [5, 5.41) is 0. The number of rotatable bonds is 5. The van der Waals surface area contributed by atoms with Crippen LogP contribution in [0.3, 0.4) is 0 Å². The molecule has 0 aromatic rings. The van der Waals surface area contributed by atoms with E-state index in [1.54, 1.807) is 0 Å². The highest BCUT2D eigenvalue weighted by molar-refractivity contribution is 5.69. The molecule has 0 bridgehead atoms. The third-order valence-electron chi connectivity index (χ3n) is 4.77. The van der Waals surface area contributed by atoms with Crippen LogP contribution < -0.4 is 5.73 Å². The van der Waals surface area contributed by atoms with Crippen molar-refractivity contribution in [2.24, 2.45) is 17.6 Å². The van der Waals surface area contributed by atoms with Crippen LogP contribution in [0.25, 0.3) is 0 Å². The number of nitrogens with two attached hydrogens (primary N) is 1. The lowest BCUT2D eigenvalue weighted by molar-refractivity contribution is -0.144. The van der Waals surface area contributed by atoms with Gasteiger partial charge in [0.2, 0.25) is 0 Å². The number of hydrogen-bond acceptors (Lipinski definition) is 4. The highest BCUT2D eigenvalue weighted by Crippen LogP contribution is 2.34. The summed E-state index contributed by atoms with van der Waals surface area (Å²) in [6, 6.07) is 0.820. The fraction of sp³-hybridized carbons (Fsp3) is 0.933. The minimum Gasteiger partial charge on any atom is -0.466 e. The second-order valence-electron chi connectivity index (χ2n) is 6.26. The van der Waals surface area contributed by atoms with Gasteiger partial charge in [-0.05, 0) is 44.9 Å². The van der Waals surface area contributed by atoms with Crippen molar-refractivity contribution in [2.75, 3.05) is 19.7 Å². The first-order chi connectivity index (χ1) is 9.10. The Hall–Kier alpha value is -0.610. The predicted octanol–water partition coefficient (Wildman–Crippen LogP) is 1.78. The van der Waals surface area contributed by atoms with E-state index in [0.717, 1.165) is 25.4 Å². The van der Waals surface area contributed by atoms with Gasteiger partial charge < -0.3 is 10.5 Å². The van der Waals surface area contributed by atoms with E-state index in [9.17, 15) is 4.79 Å². The molecule has 2 fully saturated rings. The van der Waals surface area contributed by atoms with Gasteiger partial charge in [0.05, 0.1) is 6.61 Å². The normalized spacial score (nSPS) is 30.7. The summed E-state index contributed by atoms with van der Waals surface area (Å²) in [5.41, 5.74) is 6.17. The Morgan fingerprint density at radius 2 is 2.16 bits per heavy atom. The summed E-state index contributed by atoms with van der Waals surface area (Å²) >= 11 is 0. The fourth-order valence-electron chi connectivity index (χ4n) is 3.44. The average molecular weight is 268 g/mol. The van der Waals surface area contributed by atoms with E-state index in [-0.39, 0.29) is 12.0 Å². The zero-order chi connectivity index (χ0) is 13.8. The molecule has 0 aromatic heterocycles. The van der Waals surface area contributed by atoms with E-state index in [1.807, 2.05) is 6.92 Å². The van der Waals surface area contributed by atoms with Crippen molar-refractivity contribution in [2.45, 2.75) is 58.0 Å². The number of carbonyl (C=O) groups is 1. The lowest BCUT2D eigenvalue weighted by Gasteiger charge is -2.44. The van der Waals surface area contributed by atoms with Crippen molar-refractivity contribution in [1.82, 2.24) is 4.90 Å². The Kier molecular flexibility index (Phi) is 5.22. The molecular weight excluding hydrogens is 240 g/mol. The number of esters is 1. The van der Waals surface area contributed by atoms with E-state index in [0.29, 0.717) is 25.0 Å². The second-order valence-corrected chi connectivity index (χ2v) is 6.26. The first-order valence-electron chi connectivity index (χ1n) is 7.75. The minimum atomic E-state index is -0.0714. The molecule has 2 rings (SSSR count). The second kappa shape index (κ2) is 6.71. The lowest BCUT2D eigenvalue weighted by Crippen LogP contribution is -2.53. The first-order valence-corrected chi connectivity index (χ1v) is 7.75. The molecule has 4 nitrogen and oxygen atoms in total. The van der Waals surface area contributed by atoms with Gasteiger partial charge in [0.1, 0.15) is 0 Å². The molecule has 0 radical (unpaired) electrons. The van der Waals surface area contributed by atoms with E-state index in [2.05, 4.69) is 11.8 Å². The van der Waals surface area contributed by atoms with Crippen molar-refractivity contribution < 1.29 is 9.53 Å². The summed E-state index contributed by atoms with van der Waals surface area (Å²) in [6.07, 6.45) is 5.56. The van der Waals surface area contributed by atoms with Crippen LogP contribution in [0.4, 0.5) is 0 Å². The molecule has 0 spiro atoms. The van der Waals surface area contributed by atoms with Gasteiger partial charge in [-0.1, -0.05) is 6.42 Å². The molecule has 0 aromatic carbocycles. The zero-order valence-corrected chi connectivity index (χ0v) is 12.3. The van der Waals surface area contributed by atoms with Crippen LogP contribution in [-0.2, 0) is 9.53 Å². The summed E-state index contributed by atoms with van der Waals surface area (Å²) < 4.78 is 5.06. The number of ether oxygens (including phenoxy) is 1. The number of nitrogens with zero attached hydrogens (tertiary/aromatic N) is 1. The Morgan fingerprint density at radius 1 is 1.42 bits per heavy atom. The third-order valence-corrected chi connectivity index (χ3v) is 4.77. The number of carbonyl (C=O) groups excluding carboxylic acids is 1. The molecular formula is C15H28N2O2. The maximum Gasteiger partial charge on any atom is 0.306 e. The van der Waals surface area contributed by atoms with E-state index >= 15 is 0 Å². The molecule has 1 aliphatic carbocycles. The van der Waals surface area contributed by atoms with Crippen molar-refractivity contribution in [3.8, 4) is 0 Å². The Balaban J connectivity index is 1.86. The van der Waals surface area contributed by atoms with Gasteiger partial charge in [-0.25, -0.2) is 0 Å². The van der Waals surface area contributed by atoms with Gasteiger partial charge in [0.15, 0.2) is 0 Å². The highest BCUT2D eigenvalue weighted by atomic mass is 16.5. The summed E-state index contributed by atoms with van der Waals surface area (Å²) in [7, 11) is 0. The third kappa shape index (κ3) is 3.93. The molecule has 1 heterocycles. The highest BCUT2D eigenvalue weighted by Gasteiger charge is 2.34. The maximum atomic E-state index is 11.6. The largest absolute Gasteiger partial charge is 0.466 e. The molecule has 110 valence electrons. The molecule has 2 N–H and O–H groups in total. The van der Waals surface area contributed by atoms with Crippen LogP contribution in [0.1, 0.15) is 46.0 Å². The predicted molar refractivity (Wildman–Crippen MR) is 75.7 cm³/mol. The first kappa shape index (κ1) is 14.8.